The van der Waals surface area contributed by atoms with Crippen LogP contribution in [0, 0.1) is 11.7 Å². The Morgan fingerprint density at radius 3 is 2.23 bits per heavy atom. The molecule has 2 N–H and O–H groups in total. The lowest BCUT2D eigenvalue weighted by Crippen LogP contribution is -2.66. The number of amides is 1. The SMILES string of the molecule is O=C(C[N+]12CCC(CC1)[C@@H](OC(=O)C(O)(c1cccs1)c1cccs1)C2)Nc1nc2cc(F)ccc2s1.O=C([O-])C(F)(F)F. The van der Waals surface area contributed by atoms with Crippen molar-refractivity contribution in [1.82, 2.24) is 4.98 Å². The van der Waals surface area contributed by atoms with Gasteiger partial charge in [0.15, 0.2) is 17.8 Å². The van der Waals surface area contributed by atoms with Gasteiger partial charge in [-0.1, -0.05) is 23.5 Å². The minimum Gasteiger partial charge on any atom is -0.542 e. The lowest BCUT2D eigenvalue weighted by atomic mass is 9.83. The summed E-state index contributed by atoms with van der Waals surface area (Å²) < 4.78 is 52.4. The van der Waals surface area contributed by atoms with Crippen LogP contribution < -0.4 is 10.4 Å². The number of anilines is 1. The lowest BCUT2D eigenvalue weighted by molar-refractivity contribution is -0.939. The fraction of sp³-hybridized carbons (Fsp3) is 0.357. The molecule has 3 saturated heterocycles. The summed E-state index contributed by atoms with van der Waals surface area (Å²) in [6.45, 7) is 2.43. The molecule has 44 heavy (non-hydrogen) atoms. The summed E-state index contributed by atoms with van der Waals surface area (Å²) in [7, 11) is 0. The van der Waals surface area contributed by atoms with Gasteiger partial charge >= 0.3 is 12.1 Å². The van der Waals surface area contributed by atoms with Crippen LogP contribution in [0.1, 0.15) is 22.6 Å². The molecule has 234 valence electrons. The van der Waals surface area contributed by atoms with Crippen LogP contribution >= 0.6 is 34.0 Å². The molecule has 3 aliphatic heterocycles. The fourth-order valence-electron chi connectivity index (χ4n) is 5.51. The Morgan fingerprint density at radius 2 is 1.68 bits per heavy atom. The van der Waals surface area contributed by atoms with Crippen molar-refractivity contribution in [2.45, 2.75) is 30.7 Å². The van der Waals surface area contributed by atoms with Gasteiger partial charge in [-0.25, -0.2) is 14.2 Å². The number of thiophene rings is 2. The third kappa shape index (κ3) is 6.78. The maximum absolute atomic E-state index is 13.5. The van der Waals surface area contributed by atoms with E-state index >= 15 is 0 Å². The molecule has 3 fully saturated rings. The average molecular weight is 672 g/mol. The number of fused-ring (bicyclic) bond motifs is 4. The van der Waals surface area contributed by atoms with Crippen molar-refractivity contribution in [3.05, 3.63) is 68.8 Å². The van der Waals surface area contributed by atoms with Gasteiger partial charge in [-0.05, 0) is 35.0 Å². The van der Waals surface area contributed by atoms with Crippen molar-refractivity contribution < 1.29 is 51.4 Å². The molecular weight excluding hydrogens is 647 g/mol. The molecule has 0 aliphatic carbocycles. The van der Waals surface area contributed by atoms with Crippen molar-refractivity contribution in [3.8, 4) is 0 Å². The summed E-state index contributed by atoms with van der Waals surface area (Å²) in [4.78, 5) is 40.7. The summed E-state index contributed by atoms with van der Waals surface area (Å²) in [6.07, 6.45) is -3.87. The van der Waals surface area contributed by atoms with Crippen LogP contribution in [0.2, 0.25) is 0 Å². The first-order chi connectivity index (χ1) is 20.8. The quantitative estimate of drug-likeness (QED) is 0.173. The summed E-state index contributed by atoms with van der Waals surface area (Å²) in [5, 5.41) is 27.4. The molecule has 2 bridgehead atoms. The van der Waals surface area contributed by atoms with Gasteiger partial charge in [-0.3, -0.25) is 10.1 Å². The van der Waals surface area contributed by atoms with E-state index in [4.69, 9.17) is 14.6 Å². The fourth-order valence-corrected chi connectivity index (χ4v) is 8.08. The van der Waals surface area contributed by atoms with E-state index in [1.165, 1.54) is 46.1 Å². The molecule has 0 radical (unpaired) electrons. The van der Waals surface area contributed by atoms with Crippen LogP contribution in [-0.4, -0.2) is 70.9 Å². The largest absolute Gasteiger partial charge is 0.542 e. The summed E-state index contributed by atoms with van der Waals surface area (Å²) in [6, 6.07) is 11.5. The Balaban J connectivity index is 0.000000493. The normalized spacial score (nSPS) is 21.4. The molecule has 0 spiro atoms. The van der Waals surface area contributed by atoms with Crippen molar-refractivity contribution in [1.29, 1.82) is 0 Å². The Kier molecular flexibility index (Phi) is 9.09. The van der Waals surface area contributed by atoms with Gasteiger partial charge in [0.05, 0.1) is 33.1 Å². The van der Waals surface area contributed by atoms with Crippen LogP contribution in [0.15, 0.2) is 53.2 Å². The van der Waals surface area contributed by atoms with Crippen LogP contribution in [0.3, 0.4) is 0 Å². The van der Waals surface area contributed by atoms with E-state index in [0.29, 0.717) is 31.4 Å². The predicted molar refractivity (Wildman–Crippen MR) is 153 cm³/mol. The number of nitrogens with one attached hydrogen (secondary N) is 1. The second-order valence-electron chi connectivity index (χ2n) is 10.5. The topological polar surface area (TPSA) is 129 Å². The number of aliphatic hydroxyl groups is 1. The molecule has 16 heteroatoms. The summed E-state index contributed by atoms with van der Waals surface area (Å²) >= 11 is 3.95. The van der Waals surface area contributed by atoms with Gasteiger partial charge in [0.2, 0.25) is 5.60 Å². The minimum atomic E-state index is -5.19. The van der Waals surface area contributed by atoms with Gasteiger partial charge in [-0.15, -0.1) is 22.7 Å². The number of carbonyl (C=O) groups excluding carboxylic acids is 3. The molecule has 0 unspecified atom stereocenters. The number of quaternary nitrogens is 1. The molecule has 3 aromatic heterocycles. The molecule has 1 aromatic carbocycles. The van der Waals surface area contributed by atoms with Crippen LogP contribution in [0.5, 0.6) is 0 Å². The number of piperidine rings is 3. The zero-order valence-corrected chi connectivity index (χ0v) is 25.2. The van der Waals surface area contributed by atoms with E-state index < -0.39 is 23.7 Å². The standard InChI is InChI=1S/C26H24FN3O4S3.C2HF3O2/c27-17-5-6-20-18(13-17)28-25(37-20)29-23(31)15-30-9-7-16(8-10-30)19(14-30)34-24(32)26(33,21-3-1-11-35-21)22-4-2-12-36-22;3-2(4,5)1(6)7/h1-6,11-13,16,19,33H,7-10,14-15H2;(H,6,7)/t16?,19-,30?;/m0./s1. The number of esters is 1. The van der Waals surface area contributed by atoms with Gasteiger partial charge in [-0.2, -0.15) is 13.2 Å². The number of benzene rings is 1. The number of ether oxygens (including phenoxy) is 1. The van der Waals surface area contributed by atoms with Gasteiger partial charge < -0.3 is 24.2 Å². The lowest BCUT2D eigenvalue weighted by Gasteiger charge is -2.51. The van der Waals surface area contributed by atoms with Crippen molar-refractivity contribution in [3.63, 3.8) is 0 Å². The number of hydrogen-bond donors (Lipinski definition) is 2. The molecule has 0 saturated carbocycles. The molecule has 1 amide bonds. The molecule has 9 nitrogen and oxygen atoms in total. The number of carbonyl (C=O) groups is 3. The monoisotopic (exact) mass is 671 g/mol. The highest BCUT2D eigenvalue weighted by atomic mass is 32.1. The predicted octanol–water partition coefficient (Wildman–Crippen LogP) is 3.88. The van der Waals surface area contributed by atoms with Gasteiger partial charge in [0.1, 0.15) is 18.3 Å². The molecule has 4 aromatic rings. The third-order valence-corrected chi connectivity index (χ3v) is 10.6. The summed E-state index contributed by atoms with van der Waals surface area (Å²) in [5.41, 5.74) is -1.33. The zero-order chi connectivity index (χ0) is 31.7. The number of alkyl halides is 3. The zero-order valence-electron chi connectivity index (χ0n) is 22.7. The Hall–Kier alpha value is -3.44. The van der Waals surface area contributed by atoms with Crippen molar-refractivity contribution in [2.75, 3.05) is 31.5 Å². The second kappa shape index (κ2) is 12.5. The molecule has 1 atom stereocenters. The maximum Gasteiger partial charge on any atom is 0.430 e. The number of carboxylic acid groups (broad SMARTS) is 1. The minimum absolute atomic E-state index is 0.168. The third-order valence-electron chi connectivity index (χ3n) is 7.66. The number of rotatable bonds is 7. The highest BCUT2D eigenvalue weighted by Crippen LogP contribution is 2.40. The van der Waals surface area contributed by atoms with Crippen LogP contribution in [0.4, 0.5) is 22.7 Å². The number of carboxylic acids is 1. The van der Waals surface area contributed by atoms with E-state index in [1.807, 2.05) is 10.8 Å². The van der Waals surface area contributed by atoms with E-state index in [9.17, 15) is 32.3 Å². The number of thiazole rings is 1. The second-order valence-corrected chi connectivity index (χ2v) is 13.5. The first kappa shape index (κ1) is 32.0. The van der Waals surface area contributed by atoms with E-state index in [-0.39, 0.29) is 30.3 Å². The van der Waals surface area contributed by atoms with E-state index in [0.717, 1.165) is 30.6 Å². The molecule has 6 heterocycles. The first-order valence-corrected chi connectivity index (χ1v) is 15.9. The maximum atomic E-state index is 13.5. The number of hydrogen-bond acceptors (Lipinski definition) is 10. The average Bonchev–Trinajstić information content (AvgIpc) is 3.75. The highest BCUT2D eigenvalue weighted by Gasteiger charge is 2.51. The van der Waals surface area contributed by atoms with E-state index in [1.54, 1.807) is 30.3 Å². The smallest absolute Gasteiger partial charge is 0.430 e. The molecule has 7 rings (SSSR count). The number of aromatic nitrogens is 1. The Labute approximate surface area is 259 Å². The number of halogens is 4. The first-order valence-electron chi connectivity index (χ1n) is 13.3. The van der Waals surface area contributed by atoms with Gasteiger partial charge in [0, 0.05) is 24.8 Å². The Morgan fingerprint density at radius 1 is 1.07 bits per heavy atom. The summed E-state index contributed by atoms with van der Waals surface area (Å²) in [5.74, 6) is -4.00. The van der Waals surface area contributed by atoms with Gasteiger partial charge in [0.25, 0.3) is 5.91 Å². The molecular formula is C28H25F4N3O6S3. The highest BCUT2D eigenvalue weighted by molar-refractivity contribution is 7.22. The van der Waals surface area contributed by atoms with Crippen LogP contribution in [-0.2, 0) is 24.7 Å². The van der Waals surface area contributed by atoms with E-state index in [2.05, 4.69) is 10.3 Å². The van der Waals surface area contributed by atoms with Crippen molar-refractivity contribution >= 4 is 67.2 Å². The van der Waals surface area contributed by atoms with Crippen LogP contribution in [0.25, 0.3) is 10.2 Å². The molecule has 3 aliphatic rings. The Bertz CT molecular complexity index is 1600. The number of nitrogens with zero attached hydrogens (tertiary/aromatic N) is 2. The van der Waals surface area contributed by atoms with Crippen molar-refractivity contribution in [2.24, 2.45) is 5.92 Å². The number of aliphatic carboxylic acids is 1.